The molecule has 1 aromatic carbocycles. The molecule has 116 valence electrons. The summed E-state index contributed by atoms with van der Waals surface area (Å²) in [7, 11) is 1.67. The zero-order valence-electron chi connectivity index (χ0n) is 13.1. The number of nitrogens with one attached hydrogen (secondary N) is 1. The molecule has 4 rings (SSSR count). The van der Waals surface area contributed by atoms with Crippen LogP contribution in [0.5, 0.6) is 5.75 Å². The third-order valence-electron chi connectivity index (χ3n) is 4.45. The lowest BCUT2D eigenvalue weighted by atomic mass is 9.94. The summed E-state index contributed by atoms with van der Waals surface area (Å²) in [5.74, 6) is 1.36. The second-order valence-corrected chi connectivity index (χ2v) is 5.92. The lowest BCUT2D eigenvalue weighted by Crippen LogP contribution is -2.14. The van der Waals surface area contributed by atoms with Crippen molar-refractivity contribution in [3.63, 3.8) is 0 Å². The number of methoxy groups -OCH3 is 1. The molecule has 0 spiro atoms. The molecule has 1 aliphatic heterocycles. The van der Waals surface area contributed by atoms with Gasteiger partial charge in [0.2, 0.25) is 0 Å². The number of hydrogen-bond acceptors (Lipinski definition) is 4. The number of aliphatic imine (C=N–C) groups is 1. The fourth-order valence-electron chi connectivity index (χ4n) is 3.23. The Bertz CT molecular complexity index is 822. The van der Waals surface area contributed by atoms with Crippen LogP contribution in [-0.4, -0.2) is 30.4 Å². The SMILES string of the molecule is COc1ccc2c(NCC3=NC4C=CC=CC4C3)ccnc2c1. The Labute approximate surface area is 135 Å². The molecule has 0 bridgehead atoms. The molecule has 0 radical (unpaired) electrons. The molecule has 2 aliphatic rings. The number of nitrogens with zero attached hydrogens (tertiary/aromatic N) is 2. The number of anilines is 1. The van der Waals surface area contributed by atoms with E-state index in [1.54, 1.807) is 7.11 Å². The van der Waals surface area contributed by atoms with E-state index in [9.17, 15) is 0 Å². The second-order valence-electron chi connectivity index (χ2n) is 5.92. The summed E-state index contributed by atoms with van der Waals surface area (Å²) in [6, 6.07) is 8.31. The predicted molar refractivity (Wildman–Crippen MR) is 94.4 cm³/mol. The summed E-state index contributed by atoms with van der Waals surface area (Å²) in [5.41, 5.74) is 3.25. The molecule has 2 heterocycles. The molecular formula is C19H19N3O. The minimum atomic E-state index is 0.329. The van der Waals surface area contributed by atoms with Crippen molar-refractivity contribution >= 4 is 22.3 Å². The van der Waals surface area contributed by atoms with Gasteiger partial charge < -0.3 is 10.1 Å². The van der Waals surface area contributed by atoms with Gasteiger partial charge in [0, 0.05) is 35.0 Å². The monoisotopic (exact) mass is 305 g/mol. The summed E-state index contributed by atoms with van der Waals surface area (Å²) in [6.07, 6.45) is 11.5. The summed E-state index contributed by atoms with van der Waals surface area (Å²) in [5, 5.41) is 4.62. The minimum absolute atomic E-state index is 0.329. The van der Waals surface area contributed by atoms with Crippen LogP contribution in [0.2, 0.25) is 0 Å². The van der Waals surface area contributed by atoms with Gasteiger partial charge >= 0.3 is 0 Å². The predicted octanol–water partition coefficient (Wildman–Crippen LogP) is 3.61. The smallest absolute Gasteiger partial charge is 0.121 e. The van der Waals surface area contributed by atoms with Gasteiger partial charge in [0.1, 0.15) is 5.75 Å². The first kappa shape index (κ1) is 14.0. The van der Waals surface area contributed by atoms with Gasteiger partial charge in [0.05, 0.1) is 25.2 Å². The van der Waals surface area contributed by atoms with E-state index in [1.807, 2.05) is 30.5 Å². The van der Waals surface area contributed by atoms with Gasteiger partial charge in [-0.25, -0.2) is 0 Å². The Morgan fingerprint density at radius 2 is 2.13 bits per heavy atom. The van der Waals surface area contributed by atoms with Gasteiger partial charge in [-0.15, -0.1) is 0 Å². The third-order valence-corrected chi connectivity index (χ3v) is 4.45. The molecular weight excluding hydrogens is 286 g/mol. The molecule has 4 heteroatoms. The first-order valence-electron chi connectivity index (χ1n) is 7.90. The number of aromatic nitrogens is 1. The number of hydrogen-bond donors (Lipinski definition) is 1. The van der Waals surface area contributed by atoms with Crippen LogP contribution in [0, 0.1) is 5.92 Å². The summed E-state index contributed by atoms with van der Waals surface area (Å²) >= 11 is 0. The lowest BCUT2D eigenvalue weighted by Gasteiger charge is -2.12. The second kappa shape index (κ2) is 5.88. The zero-order valence-corrected chi connectivity index (χ0v) is 13.1. The molecule has 0 fully saturated rings. The van der Waals surface area contributed by atoms with E-state index in [0.29, 0.717) is 12.0 Å². The van der Waals surface area contributed by atoms with Gasteiger partial charge in [0.15, 0.2) is 0 Å². The number of rotatable bonds is 4. The van der Waals surface area contributed by atoms with Crippen molar-refractivity contribution in [2.75, 3.05) is 19.0 Å². The van der Waals surface area contributed by atoms with Gasteiger partial charge in [-0.2, -0.15) is 0 Å². The fraction of sp³-hybridized carbons (Fsp3) is 0.263. The standard InChI is InChI=1S/C19H19N3O/c1-23-15-6-7-16-18(8-9-20-19(16)11-15)21-12-14-10-13-4-2-3-5-17(13)22-14/h2-9,11,13,17H,10,12H2,1H3,(H,20,21). The average molecular weight is 305 g/mol. The van der Waals surface area contributed by atoms with E-state index in [2.05, 4.69) is 34.6 Å². The molecule has 2 unspecified atom stereocenters. The quantitative estimate of drug-likeness (QED) is 0.938. The van der Waals surface area contributed by atoms with Crippen molar-refractivity contribution in [1.29, 1.82) is 0 Å². The molecule has 0 saturated carbocycles. The van der Waals surface area contributed by atoms with Crippen molar-refractivity contribution in [3.05, 3.63) is 54.8 Å². The molecule has 1 aliphatic carbocycles. The number of pyridine rings is 1. The maximum atomic E-state index is 5.27. The number of benzene rings is 1. The third kappa shape index (κ3) is 2.72. The van der Waals surface area contributed by atoms with Gasteiger partial charge in [-0.05, 0) is 24.6 Å². The Hall–Kier alpha value is -2.62. The average Bonchev–Trinajstić information content (AvgIpc) is 3.02. The number of fused-ring (bicyclic) bond motifs is 2. The van der Waals surface area contributed by atoms with Crippen molar-refractivity contribution in [2.45, 2.75) is 12.5 Å². The van der Waals surface area contributed by atoms with E-state index in [4.69, 9.17) is 9.73 Å². The fourth-order valence-corrected chi connectivity index (χ4v) is 3.23. The highest BCUT2D eigenvalue weighted by Gasteiger charge is 2.26. The normalized spacial score (nSPS) is 22.0. The van der Waals surface area contributed by atoms with E-state index < -0.39 is 0 Å². The largest absolute Gasteiger partial charge is 0.497 e. The summed E-state index contributed by atoms with van der Waals surface area (Å²) in [6.45, 7) is 0.778. The van der Waals surface area contributed by atoms with Gasteiger partial charge in [-0.1, -0.05) is 24.3 Å². The summed E-state index contributed by atoms with van der Waals surface area (Å²) in [4.78, 5) is 9.23. The van der Waals surface area contributed by atoms with Crippen LogP contribution in [0.4, 0.5) is 5.69 Å². The molecule has 0 amide bonds. The molecule has 2 atom stereocenters. The highest BCUT2D eigenvalue weighted by atomic mass is 16.5. The zero-order chi connectivity index (χ0) is 15.6. The highest BCUT2D eigenvalue weighted by molar-refractivity contribution is 5.95. The first-order chi connectivity index (χ1) is 11.3. The first-order valence-corrected chi connectivity index (χ1v) is 7.90. The van der Waals surface area contributed by atoms with Crippen molar-refractivity contribution < 1.29 is 4.74 Å². The van der Waals surface area contributed by atoms with E-state index in [0.717, 1.165) is 35.3 Å². The Morgan fingerprint density at radius 1 is 1.22 bits per heavy atom. The van der Waals surface area contributed by atoms with Gasteiger partial charge in [-0.3, -0.25) is 9.98 Å². The highest BCUT2D eigenvalue weighted by Crippen LogP contribution is 2.28. The Kier molecular flexibility index (Phi) is 3.58. The molecule has 4 nitrogen and oxygen atoms in total. The van der Waals surface area contributed by atoms with Crippen LogP contribution in [0.25, 0.3) is 10.9 Å². The van der Waals surface area contributed by atoms with Crippen LogP contribution < -0.4 is 10.1 Å². The number of allylic oxidation sites excluding steroid dienone is 2. The molecule has 23 heavy (non-hydrogen) atoms. The van der Waals surface area contributed by atoms with Crippen LogP contribution in [-0.2, 0) is 0 Å². The minimum Gasteiger partial charge on any atom is -0.497 e. The van der Waals surface area contributed by atoms with Crippen LogP contribution in [0.15, 0.2) is 59.8 Å². The van der Waals surface area contributed by atoms with Crippen molar-refractivity contribution in [3.8, 4) is 5.75 Å². The van der Waals surface area contributed by atoms with Crippen LogP contribution >= 0.6 is 0 Å². The Morgan fingerprint density at radius 3 is 3.00 bits per heavy atom. The molecule has 2 aromatic rings. The topological polar surface area (TPSA) is 46.5 Å². The van der Waals surface area contributed by atoms with Crippen molar-refractivity contribution in [1.82, 2.24) is 4.98 Å². The van der Waals surface area contributed by atoms with E-state index in [-0.39, 0.29) is 0 Å². The molecule has 1 aromatic heterocycles. The Balaban J connectivity index is 1.52. The van der Waals surface area contributed by atoms with Crippen LogP contribution in [0.3, 0.4) is 0 Å². The number of ether oxygens (including phenoxy) is 1. The van der Waals surface area contributed by atoms with Crippen LogP contribution in [0.1, 0.15) is 6.42 Å². The molecule has 1 N–H and O–H groups in total. The van der Waals surface area contributed by atoms with E-state index >= 15 is 0 Å². The lowest BCUT2D eigenvalue weighted by molar-refractivity contribution is 0.415. The van der Waals surface area contributed by atoms with Crippen molar-refractivity contribution in [2.24, 2.45) is 10.9 Å². The molecule has 0 saturated heterocycles. The summed E-state index contributed by atoms with van der Waals surface area (Å²) < 4.78 is 5.27. The maximum absolute atomic E-state index is 5.27. The van der Waals surface area contributed by atoms with E-state index in [1.165, 1.54) is 5.71 Å². The van der Waals surface area contributed by atoms with Gasteiger partial charge in [0.25, 0.3) is 0 Å². The maximum Gasteiger partial charge on any atom is 0.121 e.